The Hall–Kier alpha value is 0.0500. The highest BCUT2D eigenvalue weighted by Gasteiger charge is 2.26. The molecule has 0 saturated carbocycles. The SMILES string of the molecule is CCN(CC)CCN(CCN(CC)CC)C1N=C(N(C)C)SS1. The Morgan fingerprint density at radius 2 is 1.30 bits per heavy atom. The van der Waals surface area contributed by atoms with Gasteiger partial charge >= 0.3 is 0 Å². The van der Waals surface area contributed by atoms with E-state index in [1.54, 1.807) is 10.8 Å². The van der Waals surface area contributed by atoms with Crippen molar-refractivity contribution in [3.8, 4) is 0 Å². The van der Waals surface area contributed by atoms with E-state index < -0.39 is 0 Å². The number of hydrogen-bond acceptors (Lipinski definition) is 7. The smallest absolute Gasteiger partial charge is 0.172 e. The van der Waals surface area contributed by atoms with Crippen LogP contribution in [0.2, 0.25) is 0 Å². The van der Waals surface area contributed by atoms with Crippen LogP contribution in [0.5, 0.6) is 0 Å². The molecule has 0 aromatic heterocycles. The van der Waals surface area contributed by atoms with Gasteiger partial charge in [-0.2, -0.15) is 0 Å². The fourth-order valence-corrected chi connectivity index (χ4v) is 5.10. The molecule has 1 aliphatic rings. The Kier molecular flexibility index (Phi) is 10.6. The summed E-state index contributed by atoms with van der Waals surface area (Å²) in [5, 5.41) is 1.13. The van der Waals surface area contributed by atoms with Gasteiger partial charge in [-0.3, -0.25) is 4.90 Å². The summed E-state index contributed by atoms with van der Waals surface area (Å²) in [6, 6.07) is 0. The first-order valence-corrected chi connectivity index (χ1v) is 11.0. The zero-order valence-corrected chi connectivity index (χ0v) is 17.4. The Bertz CT molecular complexity index is 327. The fourth-order valence-electron chi connectivity index (χ4n) is 2.51. The van der Waals surface area contributed by atoms with Gasteiger partial charge < -0.3 is 14.7 Å². The summed E-state index contributed by atoms with van der Waals surface area (Å²) in [6.45, 7) is 17.9. The Morgan fingerprint density at radius 3 is 1.65 bits per heavy atom. The number of amidine groups is 1. The van der Waals surface area contributed by atoms with Crippen molar-refractivity contribution in [2.24, 2.45) is 4.99 Å². The molecule has 0 bridgehead atoms. The maximum absolute atomic E-state index is 4.90. The summed E-state index contributed by atoms with van der Waals surface area (Å²) in [6.07, 6.45) is 0. The van der Waals surface area contributed by atoms with Gasteiger partial charge in [0, 0.05) is 40.3 Å². The van der Waals surface area contributed by atoms with E-state index >= 15 is 0 Å². The molecule has 0 aromatic rings. The van der Waals surface area contributed by atoms with E-state index in [-0.39, 0.29) is 5.50 Å². The molecule has 1 atom stereocenters. The maximum atomic E-state index is 4.90. The summed E-state index contributed by atoms with van der Waals surface area (Å²) < 4.78 is 0. The highest BCUT2D eigenvalue weighted by molar-refractivity contribution is 8.82. The lowest BCUT2D eigenvalue weighted by Gasteiger charge is -2.30. The second-order valence-corrected chi connectivity index (χ2v) is 8.12. The summed E-state index contributed by atoms with van der Waals surface area (Å²) in [5.41, 5.74) is 0.253. The van der Waals surface area contributed by atoms with Crippen LogP contribution >= 0.6 is 21.6 Å². The Morgan fingerprint density at radius 1 is 0.826 bits per heavy atom. The van der Waals surface area contributed by atoms with Gasteiger partial charge in [-0.05, 0) is 47.8 Å². The summed E-state index contributed by atoms with van der Waals surface area (Å²) in [4.78, 5) is 14.6. The maximum Gasteiger partial charge on any atom is 0.172 e. The molecule has 1 heterocycles. The number of rotatable bonds is 11. The van der Waals surface area contributed by atoms with E-state index in [1.165, 1.54) is 0 Å². The number of nitrogens with zero attached hydrogens (tertiary/aromatic N) is 5. The third-order valence-electron chi connectivity index (χ3n) is 4.32. The molecule has 7 heteroatoms. The van der Waals surface area contributed by atoms with Crippen molar-refractivity contribution >= 4 is 26.8 Å². The first kappa shape index (κ1) is 21.1. The molecular weight excluding hydrogens is 326 g/mol. The Balaban J connectivity index is 2.64. The van der Waals surface area contributed by atoms with Gasteiger partial charge in [-0.25, -0.2) is 4.99 Å². The largest absolute Gasteiger partial charge is 0.357 e. The molecule has 0 amide bonds. The summed E-state index contributed by atoms with van der Waals surface area (Å²) in [7, 11) is 7.83. The zero-order chi connectivity index (χ0) is 17.2. The van der Waals surface area contributed by atoms with Gasteiger partial charge in [-0.1, -0.05) is 27.7 Å². The molecule has 0 spiro atoms. The lowest BCUT2D eigenvalue weighted by Crippen LogP contribution is -2.42. The van der Waals surface area contributed by atoms with E-state index in [2.05, 4.69) is 61.4 Å². The first-order valence-electron chi connectivity index (χ1n) is 8.82. The minimum absolute atomic E-state index is 0.253. The molecule has 5 nitrogen and oxygen atoms in total. The van der Waals surface area contributed by atoms with Gasteiger partial charge in [0.05, 0.1) is 0 Å². The third-order valence-corrected chi connectivity index (χ3v) is 6.86. The van der Waals surface area contributed by atoms with Crippen molar-refractivity contribution < 1.29 is 0 Å². The van der Waals surface area contributed by atoms with Crippen LogP contribution in [0.1, 0.15) is 27.7 Å². The summed E-state index contributed by atoms with van der Waals surface area (Å²) >= 11 is 0. The van der Waals surface area contributed by atoms with Gasteiger partial charge in [0.25, 0.3) is 0 Å². The van der Waals surface area contributed by atoms with Crippen LogP contribution in [0, 0.1) is 0 Å². The lowest BCUT2D eigenvalue weighted by atomic mass is 10.4. The Labute approximate surface area is 151 Å². The standard InChI is InChI=1S/C16H35N5S2/c1-7-19(8-2)11-13-21(14-12-20(9-3)10-4)16-17-15(18(5)6)22-23-16/h16H,7-14H2,1-6H3. The molecule has 0 N–H and O–H groups in total. The molecule has 1 unspecified atom stereocenters. The van der Waals surface area contributed by atoms with Crippen molar-refractivity contribution in [1.82, 2.24) is 19.6 Å². The van der Waals surface area contributed by atoms with Crippen LogP contribution < -0.4 is 0 Å². The van der Waals surface area contributed by atoms with Crippen molar-refractivity contribution in [2.45, 2.75) is 33.2 Å². The lowest BCUT2D eigenvalue weighted by molar-refractivity contribution is 0.179. The molecule has 136 valence electrons. The van der Waals surface area contributed by atoms with E-state index in [1.807, 2.05) is 10.8 Å². The molecule has 0 saturated heterocycles. The van der Waals surface area contributed by atoms with Crippen molar-refractivity contribution in [2.75, 3.05) is 66.5 Å². The van der Waals surface area contributed by atoms with Gasteiger partial charge in [-0.15, -0.1) is 0 Å². The van der Waals surface area contributed by atoms with Crippen LogP contribution in [-0.2, 0) is 0 Å². The molecule has 23 heavy (non-hydrogen) atoms. The predicted octanol–water partition coefficient (Wildman–Crippen LogP) is 2.57. The van der Waals surface area contributed by atoms with E-state index in [0.717, 1.165) is 57.5 Å². The summed E-state index contributed by atoms with van der Waals surface area (Å²) in [5.74, 6) is 0. The average molecular weight is 362 g/mol. The van der Waals surface area contributed by atoms with Crippen LogP contribution in [0.3, 0.4) is 0 Å². The molecular formula is C16H35N5S2. The molecule has 1 rings (SSSR count). The van der Waals surface area contributed by atoms with Crippen molar-refractivity contribution in [3.05, 3.63) is 0 Å². The van der Waals surface area contributed by atoms with Crippen LogP contribution in [0.25, 0.3) is 0 Å². The molecule has 0 aliphatic carbocycles. The highest BCUT2D eigenvalue weighted by atomic mass is 33.1. The second-order valence-electron chi connectivity index (χ2n) is 5.90. The number of aliphatic imine (C=N–C) groups is 1. The van der Waals surface area contributed by atoms with Crippen LogP contribution in [0.4, 0.5) is 0 Å². The predicted molar refractivity (Wildman–Crippen MR) is 107 cm³/mol. The minimum atomic E-state index is 0.253. The molecule has 0 aromatic carbocycles. The average Bonchev–Trinajstić information content (AvgIpc) is 3.04. The fraction of sp³-hybridized carbons (Fsp3) is 0.938. The van der Waals surface area contributed by atoms with Gasteiger partial charge in [0.1, 0.15) is 0 Å². The minimum Gasteiger partial charge on any atom is -0.357 e. The van der Waals surface area contributed by atoms with E-state index in [0.29, 0.717) is 0 Å². The highest BCUT2D eigenvalue weighted by Crippen LogP contribution is 2.38. The third kappa shape index (κ3) is 7.22. The topological polar surface area (TPSA) is 25.3 Å². The van der Waals surface area contributed by atoms with Gasteiger partial charge in [0.2, 0.25) is 0 Å². The number of hydrogen-bond donors (Lipinski definition) is 0. The zero-order valence-electron chi connectivity index (χ0n) is 15.8. The van der Waals surface area contributed by atoms with Crippen molar-refractivity contribution in [1.29, 1.82) is 0 Å². The van der Waals surface area contributed by atoms with E-state index in [4.69, 9.17) is 4.99 Å². The molecule has 0 radical (unpaired) electrons. The number of likely N-dealkylation sites (N-methyl/N-ethyl adjacent to an activating group) is 2. The molecule has 1 aliphatic heterocycles. The quantitative estimate of drug-likeness (QED) is 0.525. The monoisotopic (exact) mass is 361 g/mol. The van der Waals surface area contributed by atoms with E-state index in [9.17, 15) is 0 Å². The van der Waals surface area contributed by atoms with Crippen LogP contribution in [-0.4, -0.2) is 96.7 Å². The second kappa shape index (κ2) is 11.6. The van der Waals surface area contributed by atoms with Crippen LogP contribution in [0.15, 0.2) is 4.99 Å². The van der Waals surface area contributed by atoms with Crippen molar-refractivity contribution in [3.63, 3.8) is 0 Å². The first-order chi connectivity index (χ1) is 11.0. The normalized spacial score (nSPS) is 18.3. The van der Waals surface area contributed by atoms with Gasteiger partial charge in [0.15, 0.2) is 10.7 Å². The molecule has 0 fully saturated rings.